The molecule has 0 aromatic rings. The minimum Gasteiger partial charge on any atom is -0.384 e. The molecule has 1 aliphatic carbocycles. The Bertz CT molecular complexity index is 214. The molecule has 94 valence electrons. The molecule has 16 heavy (non-hydrogen) atoms. The quantitative estimate of drug-likeness (QED) is 0.791. The van der Waals surface area contributed by atoms with Crippen LogP contribution in [0.15, 0.2) is 0 Å². The molecule has 0 amide bonds. The average molecular weight is 226 g/mol. The van der Waals surface area contributed by atoms with Crippen molar-refractivity contribution in [2.24, 2.45) is 11.7 Å². The van der Waals surface area contributed by atoms with E-state index in [4.69, 9.17) is 10.5 Å². The van der Waals surface area contributed by atoms with E-state index in [1.165, 1.54) is 51.6 Å². The minimum absolute atomic E-state index is 0.111. The normalized spacial score (nSPS) is 30.8. The summed E-state index contributed by atoms with van der Waals surface area (Å²) in [7, 11) is 1.80. The standard InChI is InChI=1S/C13H26N2O/c1-16-10-12-5-8-15(9-12)11-13(14)6-3-2-4-7-13/h12H,2-11,14H2,1H3. The molecule has 3 nitrogen and oxygen atoms in total. The van der Waals surface area contributed by atoms with Gasteiger partial charge in [0, 0.05) is 25.7 Å². The molecule has 1 saturated heterocycles. The highest BCUT2D eigenvalue weighted by atomic mass is 16.5. The molecule has 2 fully saturated rings. The first kappa shape index (κ1) is 12.3. The Labute approximate surface area is 99.3 Å². The lowest BCUT2D eigenvalue weighted by atomic mass is 9.82. The predicted octanol–water partition coefficient (Wildman–Crippen LogP) is 1.62. The van der Waals surface area contributed by atoms with Gasteiger partial charge in [-0.3, -0.25) is 0 Å². The Morgan fingerprint density at radius 2 is 2.06 bits per heavy atom. The van der Waals surface area contributed by atoms with Crippen LogP contribution < -0.4 is 5.73 Å². The van der Waals surface area contributed by atoms with E-state index < -0.39 is 0 Å². The highest BCUT2D eigenvalue weighted by Gasteiger charge is 2.32. The fourth-order valence-electron chi connectivity index (χ4n) is 3.29. The van der Waals surface area contributed by atoms with E-state index in [0.717, 1.165) is 19.1 Å². The third kappa shape index (κ3) is 3.19. The zero-order valence-corrected chi connectivity index (χ0v) is 10.6. The van der Waals surface area contributed by atoms with Gasteiger partial charge in [-0.15, -0.1) is 0 Å². The number of hydrogen-bond acceptors (Lipinski definition) is 3. The predicted molar refractivity (Wildman–Crippen MR) is 66.4 cm³/mol. The number of hydrogen-bond donors (Lipinski definition) is 1. The fourth-order valence-corrected chi connectivity index (χ4v) is 3.29. The number of nitrogens with zero attached hydrogens (tertiary/aromatic N) is 1. The van der Waals surface area contributed by atoms with Crippen LogP contribution in [0.1, 0.15) is 38.5 Å². The molecule has 3 heteroatoms. The van der Waals surface area contributed by atoms with E-state index in [-0.39, 0.29) is 5.54 Å². The first-order chi connectivity index (χ1) is 7.72. The maximum absolute atomic E-state index is 6.49. The van der Waals surface area contributed by atoms with Crippen LogP contribution in [0.2, 0.25) is 0 Å². The van der Waals surface area contributed by atoms with Gasteiger partial charge in [0.15, 0.2) is 0 Å². The van der Waals surface area contributed by atoms with E-state index in [1.807, 2.05) is 0 Å². The Balaban J connectivity index is 1.77. The van der Waals surface area contributed by atoms with Crippen LogP contribution >= 0.6 is 0 Å². The van der Waals surface area contributed by atoms with Crippen LogP contribution in [0, 0.1) is 5.92 Å². The van der Waals surface area contributed by atoms with Gasteiger partial charge in [-0.1, -0.05) is 19.3 Å². The van der Waals surface area contributed by atoms with Crippen LogP contribution in [0.3, 0.4) is 0 Å². The van der Waals surface area contributed by atoms with Crippen molar-refractivity contribution >= 4 is 0 Å². The van der Waals surface area contributed by atoms with E-state index in [2.05, 4.69) is 4.90 Å². The van der Waals surface area contributed by atoms with E-state index in [0.29, 0.717) is 0 Å². The molecule has 2 rings (SSSR count). The van der Waals surface area contributed by atoms with Gasteiger partial charge in [-0.25, -0.2) is 0 Å². The lowest BCUT2D eigenvalue weighted by Gasteiger charge is -2.36. The van der Waals surface area contributed by atoms with Gasteiger partial charge in [0.25, 0.3) is 0 Å². The maximum atomic E-state index is 6.49. The topological polar surface area (TPSA) is 38.5 Å². The van der Waals surface area contributed by atoms with Gasteiger partial charge in [0.1, 0.15) is 0 Å². The van der Waals surface area contributed by atoms with Crippen molar-refractivity contribution in [3.63, 3.8) is 0 Å². The zero-order valence-electron chi connectivity index (χ0n) is 10.6. The number of likely N-dealkylation sites (tertiary alicyclic amines) is 1. The maximum Gasteiger partial charge on any atom is 0.0503 e. The molecule has 1 atom stereocenters. The fraction of sp³-hybridized carbons (Fsp3) is 1.00. The molecule has 1 aliphatic heterocycles. The van der Waals surface area contributed by atoms with E-state index >= 15 is 0 Å². The summed E-state index contributed by atoms with van der Waals surface area (Å²) in [5, 5.41) is 0. The van der Waals surface area contributed by atoms with Gasteiger partial charge >= 0.3 is 0 Å². The van der Waals surface area contributed by atoms with Crippen molar-refractivity contribution in [2.45, 2.75) is 44.1 Å². The number of rotatable bonds is 4. The van der Waals surface area contributed by atoms with Gasteiger partial charge in [-0.2, -0.15) is 0 Å². The summed E-state index contributed by atoms with van der Waals surface area (Å²) in [6.07, 6.45) is 7.75. The highest BCUT2D eigenvalue weighted by Crippen LogP contribution is 2.28. The average Bonchev–Trinajstić information content (AvgIpc) is 2.66. The minimum atomic E-state index is 0.111. The van der Waals surface area contributed by atoms with Crippen LogP contribution in [0.4, 0.5) is 0 Å². The second-order valence-corrected chi connectivity index (χ2v) is 5.77. The first-order valence-corrected chi connectivity index (χ1v) is 6.72. The van der Waals surface area contributed by atoms with Gasteiger partial charge in [0.2, 0.25) is 0 Å². The lowest BCUT2D eigenvalue weighted by Crippen LogP contribution is -2.50. The second kappa shape index (κ2) is 5.48. The molecule has 2 aliphatic rings. The first-order valence-electron chi connectivity index (χ1n) is 6.72. The molecule has 0 bridgehead atoms. The monoisotopic (exact) mass is 226 g/mol. The van der Waals surface area contributed by atoms with Gasteiger partial charge in [-0.05, 0) is 31.7 Å². The van der Waals surface area contributed by atoms with Crippen LogP contribution in [0.5, 0.6) is 0 Å². The number of ether oxygens (including phenoxy) is 1. The summed E-state index contributed by atoms with van der Waals surface area (Å²) >= 11 is 0. The van der Waals surface area contributed by atoms with Crippen LogP contribution in [-0.4, -0.2) is 43.8 Å². The Hall–Kier alpha value is -0.120. The Morgan fingerprint density at radius 1 is 1.31 bits per heavy atom. The van der Waals surface area contributed by atoms with E-state index in [9.17, 15) is 0 Å². The van der Waals surface area contributed by atoms with Crippen molar-refractivity contribution in [2.75, 3.05) is 33.4 Å². The summed E-state index contributed by atoms with van der Waals surface area (Å²) in [6.45, 7) is 4.42. The summed E-state index contributed by atoms with van der Waals surface area (Å²) in [5.74, 6) is 0.734. The Kier molecular flexibility index (Phi) is 4.22. The van der Waals surface area contributed by atoms with Crippen molar-refractivity contribution in [3.8, 4) is 0 Å². The number of nitrogens with two attached hydrogens (primary N) is 1. The molecule has 1 heterocycles. The van der Waals surface area contributed by atoms with Crippen molar-refractivity contribution in [3.05, 3.63) is 0 Å². The molecule has 0 aromatic carbocycles. The summed E-state index contributed by atoms with van der Waals surface area (Å²) in [6, 6.07) is 0. The highest BCUT2D eigenvalue weighted by molar-refractivity contribution is 4.92. The summed E-state index contributed by atoms with van der Waals surface area (Å²) in [4.78, 5) is 2.55. The molecular formula is C13H26N2O. The second-order valence-electron chi connectivity index (χ2n) is 5.77. The molecule has 0 radical (unpaired) electrons. The van der Waals surface area contributed by atoms with Crippen molar-refractivity contribution in [1.29, 1.82) is 0 Å². The zero-order chi connectivity index (χ0) is 11.4. The molecule has 1 unspecified atom stereocenters. The van der Waals surface area contributed by atoms with Crippen LogP contribution in [-0.2, 0) is 4.74 Å². The third-order valence-electron chi connectivity index (χ3n) is 4.16. The Morgan fingerprint density at radius 3 is 2.75 bits per heavy atom. The van der Waals surface area contributed by atoms with Gasteiger partial charge in [0.05, 0.1) is 6.61 Å². The van der Waals surface area contributed by atoms with Crippen molar-refractivity contribution in [1.82, 2.24) is 4.90 Å². The van der Waals surface area contributed by atoms with Crippen molar-refractivity contribution < 1.29 is 4.74 Å². The summed E-state index contributed by atoms with van der Waals surface area (Å²) in [5.41, 5.74) is 6.60. The van der Waals surface area contributed by atoms with E-state index in [1.54, 1.807) is 7.11 Å². The number of methoxy groups -OCH3 is 1. The molecule has 2 N–H and O–H groups in total. The molecule has 0 aromatic heterocycles. The smallest absolute Gasteiger partial charge is 0.0503 e. The third-order valence-corrected chi connectivity index (χ3v) is 4.16. The summed E-state index contributed by atoms with van der Waals surface area (Å²) < 4.78 is 5.23. The molecule has 1 saturated carbocycles. The SMILES string of the molecule is COCC1CCN(CC2(N)CCCCC2)C1. The molecular weight excluding hydrogens is 200 g/mol. The largest absolute Gasteiger partial charge is 0.384 e. The van der Waals surface area contributed by atoms with Crippen LogP contribution in [0.25, 0.3) is 0 Å². The lowest BCUT2D eigenvalue weighted by molar-refractivity contribution is 0.145. The molecule has 0 spiro atoms. The van der Waals surface area contributed by atoms with Gasteiger partial charge < -0.3 is 15.4 Å².